The molecule has 10 heavy (non-hydrogen) atoms. The fourth-order valence-corrected chi connectivity index (χ4v) is 1.18. The zero-order valence-corrected chi connectivity index (χ0v) is 5.75. The first-order chi connectivity index (χ1) is 4.97. The van der Waals surface area contributed by atoms with Gasteiger partial charge in [0.05, 0.1) is 12.5 Å². The van der Waals surface area contributed by atoms with Gasteiger partial charge in [0, 0.05) is 12.1 Å². The first kappa shape index (κ1) is 5.57. The van der Waals surface area contributed by atoms with Gasteiger partial charge in [-0.3, -0.25) is 0 Å². The topological polar surface area (TPSA) is 3.88 Å². The van der Waals surface area contributed by atoms with E-state index in [1.807, 2.05) is 6.07 Å². The maximum Gasteiger partial charge on any atom is 0.424 e. The van der Waals surface area contributed by atoms with Gasteiger partial charge in [0.15, 0.2) is 24.9 Å². The Bertz CT molecular complexity index is 263. The number of aromatic nitrogens is 1. The van der Waals surface area contributed by atoms with Crippen LogP contribution in [0.1, 0.15) is 12.1 Å². The van der Waals surface area contributed by atoms with Crippen molar-refractivity contribution in [1.29, 1.82) is 0 Å². The summed E-state index contributed by atoms with van der Waals surface area (Å²) in [6.45, 7) is 1.10. The molecule has 0 amide bonds. The minimum absolute atomic E-state index is 1.10. The molecule has 1 nitrogen and oxygen atoms in total. The van der Waals surface area contributed by atoms with E-state index in [9.17, 15) is 0 Å². The van der Waals surface area contributed by atoms with Crippen molar-refractivity contribution in [2.24, 2.45) is 0 Å². The summed E-state index contributed by atoms with van der Waals surface area (Å²) in [5.41, 5.74) is 1.19. The Morgan fingerprint density at radius 2 is 2.40 bits per heavy atom. The second-order valence-electron chi connectivity index (χ2n) is 2.42. The van der Waals surface area contributed by atoms with Crippen molar-refractivity contribution < 1.29 is 4.57 Å². The zero-order valence-electron chi connectivity index (χ0n) is 5.75. The van der Waals surface area contributed by atoms with Gasteiger partial charge in [0.2, 0.25) is 0 Å². The van der Waals surface area contributed by atoms with Crippen LogP contribution in [0.5, 0.6) is 0 Å². The Morgan fingerprint density at radius 3 is 3.30 bits per heavy atom. The third-order valence-corrected chi connectivity index (χ3v) is 1.70. The first-order valence-corrected chi connectivity index (χ1v) is 3.53. The minimum atomic E-state index is 1.10. The van der Waals surface area contributed by atoms with Crippen LogP contribution in [0, 0.1) is 6.08 Å². The van der Waals surface area contributed by atoms with Crippen molar-refractivity contribution in [3.63, 3.8) is 0 Å². The Hall–Kier alpha value is -1.20. The van der Waals surface area contributed by atoms with Crippen LogP contribution >= 0.6 is 0 Å². The van der Waals surface area contributed by atoms with E-state index in [1.54, 1.807) is 0 Å². The van der Waals surface area contributed by atoms with Gasteiger partial charge < -0.3 is 0 Å². The van der Waals surface area contributed by atoms with Crippen molar-refractivity contribution in [1.82, 2.24) is 0 Å². The highest BCUT2D eigenvalue weighted by Crippen LogP contribution is 1.98. The van der Waals surface area contributed by atoms with Crippen LogP contribution in [0.4, 0.5) is 0 Å². The summed E-state index contributed by atoms with van der Waals surface area (Å²) in [4.78, 5) is 0. The van der Waals surface area contributed by atoms with Gasteiger partial charge >= 0.3 is 5.69 Å². The van der Waals surface area contributed by atoms with Crippen LogP contribution in [0.15, 0.2) is 30.5 Å². The lowest BCUT2D eigenvalue weighted by Gasteiger charge is -1.93. The van der Waals surface area contributed by atoms with E-state index < -0.39 is 0 Å². The van der Waals surface area contributed by atoms with E-state index in [4.69, 9.17) is 0 Å². The highest BCUT2D eigenvalue weighted by molar-refractivity contribution is 5.07. The predicted molar refractivity (Wildman–Crippen MR) is 38.2 cm³/mol. The van der Waals surface area contributed by atoms with E-state index >= 15 is 0 Å². The molecule has 0 aromatic carbocycles. The maximum absolute atomic E-state index is 3.20. The molecule has 0 saturated carbocycles. The molecule has 0 N–H and O–H groups in total. The number of fused-ring (bicyclic) bond motifs is 1. The van der Waals surface area contributed by atoms with Gasteiger partial charge in [0.25, 0.3) is 0 Å². The maximum atomic E-state index is 3.20. The first-order valence-electron chi connectivity index (χ1n) is 3.53. The van der Waals surface area contributed by atoms with Crippen LogP contribution in [0.2, 0.25) is 0 Å². The number of rotatable bonds is 0. The number of aryl methyl sites for hydroxylation is 1. The highest BCUT2D eigenvalue weighted by atomic mass is 15.0. The van der Waals surface area contributed by atoms with Gasteiger partial charge in [-0.15, -0.1) is 0 Å². The second kappa shape index (κ2) is 2.20. The van der Waals surface area contributed by atoms with Crippen LogP contribution in [-0.4, -0.2) is 0 Å². The van der Waals surface area contributed by atoms with Crippen LogP contribution in [-0.2, 0) is 6.54 Å². The predicted octanol–water partition coefficient (Wildman–Crippen LogP) is 1.09. The normalized spacial score (nSPS) is 14.0. The average molecular weight is 131 g/mol. The highest BCUT2D eigenvalue weighted by Gasteiger charge is 2.18. The molecule has 2 heterocycles. The third kappa shape index (κ3) is 0.810. The lowest BCUT2D eigenvalue weighted by Crippen LogP contribution is -2.38. The van der Waals surface area contributed by atoms with E-state index in [1.165, 1.54) is 5.69 Å². The smallest absolute Gasteiger partial charge is 0.155 e. The average Bonchev–Trinajstić information content (AvgIpc) is 2.05. The summed E-state index contributed by atoms with van der Waals surface area (Å²) in [6.07, 6.45) is 8.50. The zero-order chi connectivity index (χ0) is 6.81. The summed E-state index contributed by atoms with van der Waals surface area (Å²) >= 11 is 0. The fourth-order valence-electron chi connectivity index (χ4n) is 1.18. The molecule has 1 heteroatoms. The summed E-state index contributed by atoms with van der Waals surface area (Å²) < 4.78 is 2.21. The van der Waals surface area contributed by atoms with Crippen LogP contribution in [0.3, 0.4) is 0 Å². The standard InChI is InChI=1S/C9H9N/c1-3-7-10-8-4-2-6-9(10)5-1/h1-3,5,7H,4,8H2/q+2. The number of nitrogens with zero attached hydrogens (tertiary/aromatic N) is 1. The molecule has 0 aliphatic carbocycles. The Kier molecular flexibility index (Phi) is 1.23. The summed E-state index contributed by atoms with van der Waals surface area (Å²) in [5, 5.41) is 0. The SMILES string of the molecule is [C+]1=CCC[n+]2ccccc21. The van der Waals surface area contributed by atoms with Crippen molar-refractivity contribution in [2.45, 2.75) is 13.0 Å². The molecule has 0 atom stereocenters. The van der Waals surface area contributed by atoms with E-state index in [0.29, 0.717) is 0 Å². The van der Waals surface area contributed by atoms with E-state index in [-0.39, 0.29) is 0 Å². The number of hydrogen-bond donors (Lipinski definition) is 0. The van der Waals surface area contributed by atoms with Crippen molar-refractivity contribution in [3.05, 3.63) is 42.2 Å². The van der Waals surface area contributed by atoms with Gasteiger partial charge in [0.1, 0.15) is 0 Å². The molecule has 0 fully saturated rings. The Morgan fingerprint density at radius 1 is 1.40 bits per heavy atom. The quantitative estimate of drug-likeness (QED) is 0.366. The lowest BCUT2D eigenvalue weighted by atomic mass is 10.2. The van der Waals surface area contributed by atoms with Gasteiger partial charge in [-0.05, 0) is 0 Å². The molecular weight excluding hydrogens is 122 g/mol. The molecule has 0 spiro atoms. The lowest BCUT2D eigenvalue weighted by molar-refractivity contribution is -0.701. The molecule has 48 valence electrons. The fraction of sp³-hybridized carbons (Fsp3) is 0.222. The van der Waals surface area contributed by atoms with Crippen LogP contribution in [0.25, 0.3) is 0 Å². The van der Waals surface area contributed by atoms with Gasteiger partial charge in [-0.25, -0.2) is 0 Å². The molecular formula is C9H9N+2. The van der Waals surface area contributed by atoms with Crippen molar-refractivity contribution in [3.8, 4) is 0 Å². The summed E-state index contributed by atoms with van der Waals surface area (Å²) in [7, 11) is 0. The van der Waals surface area contributed by atoms with Gasteiger partial charge in [-0.1, -0.05) is 0 Å². The van der Waals surface area contributed by atoms with Crippen molar-refractivity contribution in [2.75, 3.05) is 0 Å². The molecule has 0 unspecified atom stereocenters. The molecule has 1 aliphatic rings. The monoisotopic (exact) mass is 131 g/mol. The minimum Gasteiger partial charge on any atom is -0.155 e. The van der Waals surface area contributed by atoms with E-state index in [0.717, 1.165) is 13.0 Å². The molecule has 0 saturated heterocycles. The third-order valence-electron chi connectivity index (χ3n) is 1.70. The molecule has 1 aliphatic heterocycles. The Labute approximate surface area is 60.6 Å². The molecule has 0 bridgehead atoms. The Balaban J connectivity index is 2.54. The largest absolute Gasteiger partial charge is 0.424 e. The van der Waals surface area contributed by atoms with E-state index in [2.05, 4.69) is 35.0 Å². The van der Waals surface area contributed by atoms with Gasteiger partial charge in [-0.2, -0.15) is 4.57 Å². The molecule has 1 aromatic rings. The number of hydrogen-bond acceptors (Lipinski definition) is 0. The molecule has 0 radical (unpaired) electrons. The number of pyridine rings is 1. The molecule has 2 rings (SSSR count). The second-order valence-corrected chi connectivity index (χ2v) is 2.42. The van der Waals surface area contributed by atoms with Crippen molar-refractivity contribution >= 4 is 0 Å². The van der Waals surface area contributed by atoms with Crippen LogP contribution < -0.4 is 4.57 Å². The summed E-state index contributed by atoms with van der Waals surface area (Å²) in [6, 6.07) is 6.17. The number of allylic oxidation sites excluding steroid dienone is 1. The summed E-state index contributed by atoms with van der Waals surface area (Å²) in [5.74, 6) is 0. The molecule has 1 aromatic heterocycles.